The summed E-state index contributed by atoms with van der Waals surface area (Å²) in [6, 6.07) is 10.6. The Morgan fingerprint density at radius 2 is 2.17 bits per heavy atom. The first-order valence-electron chi connectivity index (χ1n) is 6.12. The fourth-order valence-electron chi connectivity index (χ4n) is 2.41. The Morgan fingerprint density at radius 1 is 1.28 bits per heavy atom. The molecule has 1 aromatic carbocycles. The predicted molar refractivity (Wildman–Crippen MR) is 69.3 cm³/mol. The van der Waals surface area contributed by atoms with E-state index in [2.05, 4.69) is 40.3 Å². The Bertz CT molecular complexity index is 594. The molecule has 0 radical (unpaired) electrons. The third-order valence-electron chi connectivity index (χ3n) is 3.34. The van der Waals surface area contributed by atoms with Gasteiger partial charge in [-0.15, -0.1) is 0 Å². The van der Waals surface area contributed by atoms with Crippen LogP contribution in [0.4, 0.5) is 5.69 Å². The molecule has 2 aromatic rings. The number of nitrogens with zero attached hydrogens (tertiary/aromatic N) is 4. The minimum Gasteiger partial charge on any atom is -0.369 e. The summed E-state index contributed by atoms with van der Waals surface area (Å²) >= 11 is 0. The van der Waals surface area contributed by atoms with Crippen molar-refractivity contribution < 1.29 is 0 Å². The van der Waals surface area contributed by atoms with E-state index < -0.39 is 0 Å². The highest BCUT2D eigenvalue weighted by Crippen LogP contribution is 2.26. The molecule has 2 heterocycles. The lowest BCUT2D eigenvalue weighted by molar-refractivity contribution is 0.602. The van der Waals surface area contributed by atoms with Crippen molar-refractivity contribution in [2.75, 3.05) is 18.0 Å². The lowest BCUT2D eigenvalue weighted by Gasteiger charge is -2.19. The van der Waals surface area contributed by atoms with Gasteiger partial charge in [0.2, 0.25) is 0 Å². The number of hydrogen-bond acceptors (Lipinski definition) is 3. The van der Waals surface area contributed by atoms with Gasteiger partial charge in [-0.3, -0.25) is 4.68 Å². The molecular weight excluding hydrogens is 224 g/mol. The lowest BCUT2D eigenvalue weighted by Crippen LogP contribution is -2.25. The van der Waals surface area contributed by atoms with E-state index in [4.69, 9.17) is 5.26 Å². The van der Waals surface area contributed by atoms with Crippen LogP contribution in [0.25, 0.3) is 0 Å². The van der Waals surface area contributed by atoms with Crippen LogP contribution < -0.4 is 4.90 Å². The van der Waals surface area contributed by atoms with E-state index in [1.165, 1.54) is 11.3 Å². The van der Waals surface area contributed by atoms with Crippen LogP contribution in [0.3, 0.4) is 0 Å². The van der Waals surface area contributed by atoms with Gasteiger partial charge in [-0.05, 0) is 18.1 Å². The summed E-state index contributed by atoms with van der Waals surface area (Å²) in [4.78, 5) is 2.38. The largest absolute Gasteiger partial charge is 0.369 e. The normalized spacial score (nSPS) is 13.4. The van der Waals surface area contributed by atoms with Gasteiger partial charge in [-0.25, -0.2) is 0 Å². The van der Waals surface area contributed by atoms with Crippen LogP contribution in [-0.4, -0.2) is 22.9 Å². The van der Waals surface area contributed by atoms with Crippen LogP contribution in [0.15, 0.2) is 36.7 Å². The summed E-state index contributed by atoms with van der Waals surface area (Å²) in [5.74, 6) is 0. The van der Waals surface area contributed by atoms with Crippen molar-refractivity contribution in [1.82, 2.24) is 9.78 Å². The van der Waals surface area contributed by atoms with E-state index in [0.717, 1.165) is 26.1 Å². The molecule has 0 saturated carbocycles. The minimum absolute atomic E-state index is 0.622. The van der Waals surface area contributed by atoms with Crippen LogP contribution >= 0.6 is 0 Å². The zero-order valence-electron chi connectivity index (χ0n) is 10.1. The molecule has 1 aliphatic rings. The van der Waals surface area contributed by atoms with Gasteiger partial charge in [0, 0.05) is 25.0 Å². The van der Waals surface area contributed by atoms with Gasteiger partial charge in [0.1, 0.15) is 6.07 Å². The van der Waals surface area contributed by atoms with Crippen molar-refractivity contribution in [3.63, 3.8) is 0 Å². The van der Waals surface area contributed by atoms with Crippen molar-refractivity contribution >= 4 is 5.69 Å². The predicted octanol–water partition coefficient (Wildman–Crippen LogP) is 1.82. The average Bonchev–Trinajstić information content (AvgIpc) is 3.03. The Morgan fingerprint density at radius 3 is 3.00 bits per heavy atom. The number of nitriles is 1. The van der Waals surface area contributed by atoms with Crippen LogP contribution in [0, 0.1) is 11.3 Å². The van der Waals surface area contributed by atoms with Gasteiger partial charge < -0.3 is 4.90 Å². The van der Waals surface area contributed by atoms with E-state index in [1.54, 1.807) is 12.4 Å². The van der Waals surface area contributed by atoms with Gasteiger partial charge in [0.05, 0.1) is 18.3 Å². The molecule has 1 aromatic heterocycles. The summed E-state index contributed by atoms with van der Waals surface area (Å²) in [6.07, 6.45) is 4.53. The summed E-state index contributed by atoms with van der Waals surface area (Å²) in [7, 11) is 0. The fourth-order valence-corrected chi connectivity index (χ4v) is 2.41. The third-order valence-corrected chi connectivity index (χ3v) is 3.34. The molecule has 18 heavy (non-hydrogen) atoms. The van der Waals surface area contributed by atoms with Gasteiger partial charge in [0.15, 0.2) is 0 Å². The first kappa shape index (κ1) is 10.8. The van der Waals surface area contributed by atoms with Gasteiger partial charge in [-0.1, -0.05) is 18.2 Å². The van der Waals surface area contributed by atoms with E-state index >= 15 is 0 Å². The monoisotopic (exact) mass is 238 g/mol. The van der Waals surface area contributed by atoms with Crippen molar-refractivity contribution in [3.8, 4) is 6.07 Å². The van der Waals surface area contributed by atoms with Crippen molar-refractivity contribution in [2.45, 2.75) is 13.0 Å². The van der Waals surface area contributed by atoms with Crippen LogP contribution in [0.1, 0.15) is 11.1 Å². The molecule has 0 atom stereocenters. The molecule has 3 rings (SSSR count). The lowest BCUT2D eigenvalue weighted by atomic mass is 10.2. The van der Waals surface area contributed by atoms with Gasteiger partial charge in [-0.2, -0.15) is 10.4 Å². The Kier molecular flexibility index (Phi) is 2.73. The molecule has 1 aliphatic heterocycles. The molecule has 0 unspecified atom stereocenters. The SMILES string of the molecule is N#Cc1cnn(CCN2CCc3ccccc32)c1. The van der Waals surface area contributed by atoms with Crippen molar-refractivity contribution in [2.24, 2.45) is 0 Å². The molecular formula is C14H14N4. The topological polar surface area (TPSA) is 44.9 Å². The Hall–Kier alpha value is -2.28. The third kappa shape index (κ3) is 1.95. The maximum absolute atomic E-state index is 8.75. The summed E-state index contributed by atoms with van der Waals surface area (Å²) in [5, 5.41) is 12.9. The average molecular weight is 238 g/mol. The van der Waals surface area contributed by atoms with Gasteiger partial charge >= 0.3 is 0 Å². The first-order valence-corrected chi connectivity index (χ1v) is 6.12. The highest BCUT2D eigenvalue weighted by molar-refractivity contribution is 5.57. The number of aromatic nitrogens is 2. The molecule has 90 valence electrons. The molecule has 0 spiro atoms. The molecule has 0 aliphatic carbocycles. The highest BCUT2D eigenvalue weighted by Gasteiger charge is 2.17. The van der Waals surface area contributed by atoms with Gasteiger partial charge in [0.25, 0.3) is 0 Å². The maximum Gasteiger partial charge on any atom is 0.102 e. The second kappa shape index (κ2) is 4.53. The summed E-state index contributed by atoms with van der Waals surface area (Å²) < 4.78 is 1.83. The van der Waals surface area contributed by atoms with Crippen molar-refractivity contribution in [1.29, 1.82) is 5.26 Å². The van der Waals surface area contributed by atoms with Crippen LogP contribution in [0.5, 0.6) is 0 Å². The van der Waals surface area contributed by atoms with Crippen molar-refractivity contribution in [3.05, 3.63) is 47.8 Å². The van der Waals surface area contributed by atoms with E-state index in [0.29, 0.717) is 5.56 Å². The zero-order valence-corrected chi connectivity index (χ0v) is 10.1. The number of benzene rings is 1. The molecule has 0 N–H and O–H groups in total. The van der Waals surface area contributed by atoms with Crippen LogP contribution in [0.2, 0.25) is 0 Å². The molecule has 0 bridgehead atoms. The smallest absolute Gasteiger partial charge is 0.102 e. The number of fused-ring (bicyclic) bond motifs is 1. The van der Waals surface area contributed by atoms with Crippen LogP contribution in [-0.2, 0) is 13.0 Å². The summed E-state index contributed by atoms with van der Waals surface area (Å²) in [6.45, 7) is 2.82. The first-order chi connectivity index (χ1) is 8.86. The number of para-hydroxylation sites is 1. The maximum atomic E-state index is 8.75. The molecule has 0 saturated heterocycles. The fraction of sp³-hybridized carbons (Fsp3) is 0.286. The Balaban J connectivity index is 1.67. The number of rotatable bonds is 3. The quantitative estimate of drug-likeness (QED) is 0.819. The molecule has 4 heteroatoms. The number of hydrogen-bond donors (Lipinski definition) is 0. The Labute approximate surface area is 106 Å². The zero-order chi connectivity index (χ0) is 12.4. The number of anilines is 1. The van der Waals surface area contributed by atoms with E-state index in [1.807, 2.05) is 4.68 Å². The standard InChI is InChI=1S/C14H14N4/c15-9-12-10-16-18(11-12)8-7-17-6-5-13-3-1-2-4-14(13)17/h1-4,10-11H,5-8H2. The highest BCUT2D eigenvalue weighted by atomic mass is 15.3. The van der Waals surface area contributed by atoms with E-state index in [-0.39, 0.29) is 0 Å². The summed E-state index contributed by atoms with van der Waals surface area (Å²) in [5.41, 5.74) is 3.39. The molecule has 4 nitrogen and oxygen atoms in total. The molecule has 0 fully saturated rings. The molecule has 0 amide bonds. The second-order valence-electron chi connectivity index (χ2n) is 4.47. The minimum atomic E-state index is 0.622. The second-order valence-corrected chi connectivity index (χ2v) is 4.47. The van der Waals surface area contributed by atoms with E-state index in [9.17, 15) is 0 Å².